The van der Waals surface area contributed by atoms with Crippen LogP contribution in [-0.2, 0) is 21.0 Å². The van der Waals surface area contributed by atoms with Crippen molar-refractivity contribution >= 4 is 38.2 Å². The highest BCUT2D eigenvalue weighted by atomic mass is 32.2. The highest BCUT2D eigenvalue weighted by Gasteiger charge is 2.38. The van der Waals surface area contributed by atoms with Crippen LogP contribution >= 0.6 is 11.3 Å². The zero-order valence-corrected chi connectivity index (χ0v) is 17.0. The van der Waals surface area contributed by atoms with E-state index >= 15 is 0 Å². The zero-order chi connectivity index (χ0) is 22.9. The number of thiophene rings is 1. The molecule has 0 atom stereocenters. The molecule has 0 aliphatic carbocycles. The summed E-state index contributed by atoms with van der Waals surface area (Å²) >= 11 is 0.842. The summed E-state index contributed by atoms with van der Waals surface area (Å²) in [7, 11) is -4.98. The summed E-state index contributed by atoms with van der Waals surface area (Å²) < 4.78 is 66.2. The van der Waals surface area contributed by atoms with Crippen molar-refractivity contribution in [3.63, 3.8) is 0 Å². The summed E-state index contributed by atoms with van der Waals surface area (Å²) in [5, 5.41) is 21.9. The molecule has 2 aromatic rings. The number of halogens is 3. The van der Waals surface area contributed by atoms with Crippen LogP contribution < -0.4 is 10.0 Å². The van der Waals surface area contributed by atoms with Crippen LogP contribution in [0.4, 0.5) is 18.2 Å². The van der Waals surface area contributed by atoms with Gasteiger partial charge in [0, 0.05) is 0 Å². The summed E-state index contributed by atoms with van der Waals surface area (Å²) in [4.78, 5) is 23.0. The van der Waals surface area contributed by atoms with Crippen molar-refractivity contribution in [1.82, 2.24) is 4.72 Å². The summed E-state index contributed by atoms with van der Waals surface area (Å²) in [5.41, 5.74) is -4.15. The van der Waals surface area contributed by atoms with Gasteiger partial charge in [-0.05, 0) is 43.5 Å². The number of anilines is 1. The van der Waals surface area contributed by atoms with Gasteiger partial charge in [-0.3, -0.25) is 9.59 Å². The molecule has 0 radical (unpaired) electrons. The Hall–Kier alpha value is -2.95. The van der Waals surface area contributed by atoms with E-state index in [0.717, 1.165) is 23.5 Å². The first-order valence-electron chi connectivity index (χ1n) is 7.96. The summed E-state index contributed by atoms with van der Waals surface area (Å²) in [5.74, 6) is -2.17. The molecule has 2 rings (SSSR count). The molecule has 1 aromatic heterocycles. The Kier molecular flexibility index (Phi) is 6.26. The van der Waals surface area contributed by atoms with Crippen LogP contribution in [0.25, 0.3) is 0 Å². The van der Waals surface area contributed by atoms with Crippen molar-refractivity contribution < 1.29 is 36.3 Å². The predicted octanol–water partition coefficient (Wildman–Crippen LogP) is 2.47. The number of carbonyl (C=O) groups excluding carboxylic acids is 2. The first-order chi connectivity index (χ1) is 13.7. The third kappa shape index (κ3) is 5.15. The lowest BCUT2D eigenvalue weighted by Crippen LogP contribution is -2.37. The van der Waals surface area contributed by atoms with Gasteiger partial charge in [0.2, 0.25) is 0 Å². The number of nitrogens with zero attached hydrogens (tertiary/aromatic N) is 1. The lowest BCUT2D eigenvalue weighted by Gasteiger charge is -2.17. The summed E-state index contributed by atoms with van der Waals surface area (Å²) in [6.45, 7) is 2.37. The SMILES string of the molecule is CC(C)(O)C(=O)Nc1sccc1C(=O)NS(=O)(=O)c1ccc(C#N)cc1C(F)(F)F. The molecule has 0 saturated carbocycles. The van der Waals surface area contributed by atoms with Crippen molar-refractivity contribution in [1.29, 1.82) is 5.26 Å². The maximum absolute atomic E-state index is 13.3. The van der Waals surface area contributed by atoms with Crippen LogP contribution in [0.2, 0.25) is 0 Å². The second-order valence-corrected chi connectivity index (χ2v) is 9.00. The Morgan fingerprint density at radius 2 is 1.83 bits per heavy atom. The van der Waals surface area contributed by atoms with Crippen LogP contribution in [0.5, 0.6) is 0 Å². The van der Waals surface area contributed by atoms with E-state index < -0.39 is 49.6 Å². The minimum atomic E-state index is -5.10. The van der Waals surface area contributed by atoms with Crippen molar-refractivity contribution in [2.24, 2.45) is 0 Å². The molecule has 0 spiro atoms. The Morgan fingerprint density at radius 1 is 1.20 bits per heavy atom. The third-order valence-electron chi connectivity index (χ3n) is 3.62. The predicted molar refractivity (Wildman–Crippen MR) is 100 cm³/mol. The molecule has 0 aliphatic heterocycles. The molecule has 160 valence electrons. The fourth-order valence-electron chi connectivity index (χ4n) is 2.13. The maximum atomic E-state index is 13.3. The van der Waals surface area contributed by atoms with Gasteiger partial charge >= 0.3 is 6.18 Å². The van der Waals surface area contributed by atoms with E-state index in [0.29, 0.717) is 12.1 Å². The first-order valence-corrected chi connectivity index (χ1v) is 10.3. The lowest BCUT2D eigenvalue weighted by atomic mass is 10.1. The monoisotopic (exact) mass is 461 g/mol. The smallest absolute Gasteiger partial charge is 0.381 e. The van der Waals surface area contributed by atoms with E-state index in [1.54, 1.807) is 0 Å². The maximum Gasteiger partial charge on any atom is 0.417 e. The van der Waals surface area contributed by atoms with Gasteiger partial charge in [-0.1, -0.05) is 0 Å². The van der Waals surface area contributed by atoms with Crippen molar-refractivity contribution in [3.05, 3.63) is 46.3 Å². The van der Waals surface area contributed by atoms with Gasteiger partial charge in [-0.25, -0.2) is 13.1 Å². The summed E-state index contributed by atoms with van der Waals surface area (Å²) in [6, 6.07) is 4.43. The second kappa shape index (κ2) is 8.05. The second-order valence-electron chi connectivity index (χ2n) is 6.43. The topological polar surface area (TPSA) is 136 Å². The quantitative estimate of drug-likeness (QED) is 0.626. The molecular formula is C17H14F3N3O5S2. The molecule has 1 aromatic carbocycles. The van der Waals surface area contributed by atoms with Crippen LogP contribution in [0.3, 0.4) is 0 Å². The Labute approximate surface area is 173 Å². The number of aliphatic hydroxyl groups is 1. The normalized spacial score (nSPS) is 12.2. The van der Waals surface area contributed by atoms with Crippen molar-refractivity contribution in [3.8, 4) is 6.07 Å². The van der Waals surface area contributed by atoms with Gasteiger partial charge in [0.15, 0.2) is 0 Å². The van der Waals surface area contributed by atoms with Crippen LogP contribution in [0.15, 0.2) is 34.5 Å². The molecule has 8 nitrogen and oxygen atoms in total. The molecule has 0 aliphatic rings. The number of nitriles is 1. The van der Waals surface area contributed by atoms with E-state index in [2.05, 4.69) is 5.32 Å². The molecule has 0 bridgehead atoms. The fourth-order valence-corrected chi connectivity index (χ4v) is 4.08. The number of carbonyl (C=O) groups is 2. The zero-order valence-electron chi connectivity index (χ0n) is 15.4. The van der Waals surface area contributed by atoms with E-state index in [9.17, 15) is 36.3 Å². The minimum Gasteiger partial charge on any atom is -0.381 e. The average molecular weight is 461 g/mol. The van der Waals surface area contributed by atoms with E-state index in [4.69, 9.17) is 5.26 Å². The molecule has 3 N–H and O–H groups in total. The largest absolute Gasteiger partial charge is 0.417 e. The number of alkyl halides is 3. The van der Waals surface area contributed by atoms with Gasteiger partial charge < -0.3 is 10.4 Å². The van der Waals surface area contributed by atoms with Crippen LogP contribution in [0.1, 0.15) is 35.3 Å². The number of benzene rings is 1. The molecular weight excluding hydrogens is 447 g/mol. The molecule has 0 saturated heterocycles. The van der Waals surface area contributed by atoms with E-state index in [1.165, 1.54) is 30.0 Å². The molecule has 13 heteroatoms. The molecule has 1 heterocycles. The molecule has 0 fully saturated rings. The summed E-state index contributed by atoms with van der Waals surface area (Å²) in [6.07, 6.45) is -5.10. The van der Waals surface area contributed by atoms with E-state index in [-0.39, 0.29) is 10.6 Å². The number of nitrogens with one attached hydrogen (secondary N) is 2. The number of amides is 2. The highest BCUT2D eigenvalue weighted by molar-refractivity contribution is 7.90. The number of sulfonamides is 1. The number of hydrogen-bond acceptors (Lipinski definition) is 7. The Bertz CT molecular complexity index is 1140. The number of hydrogen-bond donors (Lipinski definition) is 3. The van der Waals surface area contributed by atoms with Crippen LogP contribution in [-0.4, -0.2) is 30.9 Å². The highest BCUT2D eigenvalue weighted by Crippen LogP contribution is 2.35. The standard InChI is InChI=1S/C17H14F3N3O5S2/c1-16(2,26)15(25)22-14-10(5-6-29-14)13(24)23-30(27,28)12-4-3-9(8-21)7-11(12)17(18,19)20/h3-7,26H,1-2H3,(H,22,25)(H,23,24). The average Bonchev–Trinajstić information content (AvgIpc) is 3.07. The Morgan fingerprint density at radius 3 is 2.37 bits per heavy atom. The Balaban J connectivity index is 2.39. The third-order valence-corrected chi connectivity index (χ3v) is 5.84. The number of rotatable bonds is 5. The molecule has 0 unspecified atom stereocenters. The first kappa shape index (κ1) is 23.3. The van der Waals surface area contributed by atoms with Crippen LogP contribution in [0, 0.1) is 11.3 Å². The molecule has 30 heavy (non-hydrogen) atoms. The van der Waals surface area contributed by atoms with Gasteiger partial charge in [0.05, 0.1) is 27.7 Å². The van der Waals surface area contributed by atoms with Crippen molar-refractivity contribution in [2.45, 2.75) is 30.5 Å². The minimum absolute atomic E-state index is 0.106. The molecule has 2 amide bonds. The van der Waals surface area contributed by atoms with Gasteiger partial charge in [-0.2, -0.15) is 18.4 Å². The van der Waals surface area contributed by atoms with E-state index in [1.807, 2.05) is 0 Å². The van der Waals surface area contributed by atoms with Gasteiger partial charge in [-0.15, -0.1) is 11.3 Å². The lowest BCUT2D eigenvalue weighted by molar-refractivity contribution is -0.139. The van der Waals surface area contributed by atoms with Crippen molar-refractivity contribution in [2.75, 3.05) is 5.32 Å². The fraction of sp³-hybridized carbons (Fsp3) is 0.235. The van der Waals surface area contributed by atoms with Gasteiger partial charge in [0.25, 0.3) is 21.8 Å². The van der Waals surface area contributed by atoms with Gasteiger partial charge in [0.1, 0.15) is 10.6 Å².